The second-order valence-corrected chi connectivity index (χ2v) is 26.9. The predicted molar refractivity (Wildman–Crippen MR) is 324 cm³/mol. The van der Waals surface area contributed by atoms with Crippen molar-refractivity contribution in [2.24, 2.45) is 59.2 Å². The Hall–Kier alpha value is -3.70. The lowest BCUT2D eigenvalue weighted by molar-refractivity contribution is -0.144. The number of esters is 1. The number of aliphatic hydroxyl groups is 5. The molecule has 2 heterocycles. The summed E-state index contributed by atoms with van der Waals surface area (Å²) in [6.45, 7) is 29.3. The molecule has 2 aliphatic heterocycles. The number of hydrogen-bond acceptors (Lipinski definition) is 9. The van der Waals surface area contributed by atoms with Gasteiger partial charge in [0.25, 0.3) is 0 Å². The highest BCUT2D eigenvalue weighted by molar-refractivity contribution is 5.91. The third-order valence-corrected chi connectivity index (χ3v) is 20.5. The normalized spacial score (nSPS) is 37.1. The molecule has 0 aromatic carbocycles. The summed E-state index contributed by atoms with van der Waals surface area (Å²) >= 11 is 0. The van der Waals surface area contributed by atoms with Crippen LogP contribution in [0.1, 0.15) is 210 Å². The Morgan fingerprint density at radius 2 is 1.09 bits per heavy atom. The maximum atomic E-state index is 11.5. The van der Waals surface area contributed by atoms with Crippen LogP contribution in [0.5, 0.6) is 0 Å². The zero-order valence-electron chi connectivity index (χ0n) is 51.1. The Labute approximate surface area is 483 Å². The Morgan fingerprint density at radius 1 is 0.537 bits per heavy atom. The van der Waals surface area contributed by atoms with Crippen LogP contribution < -0.4 is 0 Å². The van der Waals surface area contributed by atoms with Crippen LogP contribution in [0.4, 0.5) is 0 Å². The van der Waals surface area contributed by atoms with Crippen LogP contribution >= 0.6 is 0 Å². The molecule has 0 radical (unpaired) electrons. The molecule has 0 aromatic rings. The van der Waals surface area contributed by atoms with Crippen molar-refractivity contribution >= 4 is 11.8 Å². The van der Waals surface area contributed by atoms with Crippen molar-refractivity contribution in [3.05, 3.63) is 116 Å². The molecule has 0 amide bonds. The maximum absolute atomic E-state index is 11.5. The first-order valence-corrected chi connectivity index (χ1v) is 31.6. The standard InChI is InChI=1S/C14H24O.C14H22O.C11H16O2.C11H14O2.2C8H12O.C5H6O/c2*1-9(2)8-11-5-4-10(3)12-6-7-13(15)14(11)12;2*1-6-2-3-8-10-7(6)4-5-9(10)13-11(8)12;2*1-6(2)7-3-4-8(9)5-7;6-5-3-1-2-4-5/h8,10-15H,4-7H2,1-3H3;8,11,13-15H,4-7H2,1-3H3;8-12H,2-5H2,1H3;8-10H,2-5H2,1H3;2*5,8-9H,1,3-4H2,2H3;1,3H,2,4H2/t10-,11+,12-,13+,14-;11-,13-,14+;8-,9+,10+,11?;8-,9+,10+;8-;;/m10110../s1. The van der Waals surface area contributed by atoms with Crippen molar-refractivity contribution in [2.45, 2.75) is 253 Å². The molecule has 0 aromatic heterocycles. The largest absolute Gasteiger partial charge is 0.461 e. The van der Waals surface area contributed by atoms with Gasteiger partial charge in [0.15, 0.2) is 12.1 Å². The van der Waals surface area contributed by atoms with E-state index in [2.05, 4.69) is 80.7 Å². The summed E-state index contributed by atoms with van der Waals surface area (Å²) in [5.41, 5.74) is 16.8. The van der Waals surface area contributed by atoms with E-state index in [0.717, 1.165) is 113 Å². The third-order valence-electron chi connectivity index (χ3n) is 20.5. The fourth-order valence-electron chi connectivity index (χ4n) is 16.3. The summed E-state index contributed by atoms with van der Waals surface area (Å²) in [5.74, 6) is 5.86. The lowest BCUT2D eigenvalue weighted by Crippen LogP contribution is -2.34. The molecule has 80 heavy (non-hydrogen) atoms. The first-order valence-electron chi connectivity index (χ1n) is 31.6. The quantitative estimate of drug-likeness (QED) is 0.137. The van der Waals surface area contributed by atoms with Crippen molar-refractivity contribution in [2.75, 3.05) is 0 Å². The molecule has 11 aliphatic carbocycles. The highest BCUT2D eigenvalue weighted by Gasteiger charge is 2.52. The van der Waals surface area contributed by atoms with Gasteiger partial charge in [-0.25, -0.2) is 0 Å². The number of rotatable bonds is 4. The monoisotopic (exact) mass is 1100 g/mol. The molecule has 0 bridgehead atoms. The Bertz CT molecular complexity index is 2430. The molecule has 13 aliphatic rings. The van der Waals surface area contributed by atoms with Crippen LogP contribution in [-0.2, 0) is 19.1 Å². The van der Waals surface area contributed by atoms with Crippen LogP contribution in [0.15, 0.2) is 116 Å². The molecule has 7 fully saturated rings. The number of carbonyl (C=O) groups excluding carboxylic acids is 2. The first-order chi connectivity index (χ1) is 38.0. The summed E-state index contributed by atoms with van der Waals surface area (Å²) in [6, 6.07) is 0. The molecular weight excluding hydrogens is 997 g/mol. The Morgan fingerprint density at radius 3 is 1.61 bits per heavy atom. The molecule has 9 nitrogen and oxygen atoms in total. The molecule has 17 atom stereocenters. The van der Waals surface area contributed by atoms with Gasteiger partial charge < -0.3 is 35.0 Å². The fourth-order valence-corrected chi connectivity index (χ4v) is 16.3. The van der Waals surface area contributed by atoms with Crippen molar-refractivity contribution in [3.63, 3.8) is 0 Å². The van der Waals surface area contributed by atoms with E-state index in [0.29, 0.717) is 47.5 Å². The van der Waals surface area contributed by atoms with Gasteiger partial charge in [-0.1, -0.05) is 106 Å². The number of ether oxygens (including phenoxy) is 2. The SMILES string of the molecule is C=C(C)C1=CC(O)CC1.C=C(C)C1=C[C@@H](O)CC1.CC(C)=C[C@@H]1CCC(C)=C2CC[C@H](O)[C@@H]21.CC(C)=C[C@@H]1CC[C@@H](C)[C@H]2CC[C@H](O)[C@@H]21.CC1=C2CC[C@@H]3OC(=O)[C@H](CC1)[C@H]23.CC1=C2CC[C@@H]3OC(O)[C@H](CC1)[C@H]23.O=C1C=CCC1. The number of fused-ring (bicyclic) bond motifs is 2. The van der Waals surface area contributed by atoms with Crippen molar-refractivity contribution in [1.82, 2.24) is 0 Å². The van der Waals surface area contributed by atoms with Crippen molar-refractivity contribution < 1.29 is 44.6 Å². The zero-order valence-corrected chi connectivity index (χ0v) is 51.1. The molecule has 5 N–H and O–H groups in total. The smallest absolute Gasteiger partial charge is 0.309 e. The lowest BCUT2D eigenvalue weighted by atomic mass is 9.68. The van der Waals surface area contributed by atoms with E-state index in [1.54, 1.807) is 33.9 Å². The number of ketones is 1. The summed E-state index contributed by atoms with van der Waals surface area (Å²) in [5, 5.41) is 47.9. The van der Waals surface area contributed by atoms with Gasteiger partial charge in [-0.3, -0.25) is 9.59 Å². The minimum absolute atomic E-state index is 0.0293. The van der Waals surface area contributed by atoms with E-state index in [1.165, 1.54) is 79.2 Å². The number of hydrogen-bond donors (Lipinski definition) is 5. The van der Waals surface area contributed by atoms with E-state index in [4.69, 9.17) is 19.7 Å². The molecule has 2 saturated heterocycles. The topological polar surface area (TPSA) is 154 Å². The Balaban J connectivity index is 0.000000137. The molecule has 0 spiro atoms. The van der Waals surface area contributed by atoms with Crippen molar-refractivity contribution in [3.8, 4) is 0 Å². The molecule has 444 valence electrons. The second-order valence-electron chi connectivity index (χ2n) is 26.9. The number of allylic oxidation sites excluding steroid dienone is 13. The van der Waals surface area contributed by atoms with Gasteiger partial charge in [-0.2, -0.15) is 0 Å². The average Bonchev–Trinajstić information content (AvgIpc) is 4.45. The minimum Gasteiger partial charge on any atom is -0.461 e. The Kier molecular flexibility index (Phi) is 23.3. The van der Waals surface area contributed by atoms with Gasteiger partial charge >= 0.3 is 5.97 Å². The van der Waals surface area contributed by atoms with Gasteiger partial charge in [-0.05, 0) is 244 Å². The van der Waals surface area contributed by atoms with Crippen LogP contribution in [0.25, 0.3) is 0 Å². The molecule has 5 saturated carbocycles. The van der Waals surface area contributed by atoms with Crippen molar-refractivity contribution in [1.29, 1.82) is 0 Å². The number of carbonyl (C=O) groups is 2. The molecule has 13 rings (SSSR count). The van der Waals surface area contributed by atoms with Gasteiger partial charge in [0.05, 0.1) is 36.4 Å². The molecule has 2 unspecified atom stereocenters. The molecular formula is C71H106O9. The first kappa shape index (κ1) is 63.9. The maximum Gasteiger partial charge on any atom is 0.309 e. The second kappa shape index (κ2) is 29.2. The third kappa shape index (κ3) is 16.1. The lowest BCUT2D eigenvalue weighted by Gasteiger charge is -2.38. The van der Waals surface area contributed by atoms with E-state index >= 15 is 0 Å². The average molecular weight is 1100 g/mol. The van der Waals surface area contributed by atoms with E-state index in [1.807, 2.05) is 32.1 Å². The van der Waals surface area contributed by atoms with Crippen LogP contribution in [0, 0.1) is 59.2 Å². The number of aliphatic hydroxyl groups excluding tert-OH is 5. The van der Waals surface area contributed by atoms with E-state index in [9.17, 15) is 24.9 Å². The van der Waals surface area contributed by atoms with Gasteiger partial charge in [0.1, 0.15) is 6.10 Å². The summed E-state index contributed by atoms with van der Waals surface area (Å²) in [7, 11) is 0. The van der Waals surface area contributed by atoms with Gasteiger partial charge in [0, 0.05) is 30.1 Å². The molecule has 9 heteroatoms. The summed E-state index contributed by atoms with van der Waals surface area (Å²) in [4.78, 5) is 21.6. The van der Waals surface area contributed by atoms with Crippen LogP contribution in [0.3, 0.4) is 0 Å². The van der Waals surface area contributed by atoms with E-state index in [-0.39, 0.29) is 48.2 Å². The minimum atomic E-state index is -0.474. The highest BCUT2D eigenvalue weighted by atomic mass is 16.6. The van der Waals surface area contributed by atoms with E-state index < -0.39 is 6.29 Å². The zero-order chi connectivity index (χ0) is 58.1. The van der Waals surface area contributed by atoms with Gasteiger partial charge in [0.2, 0.25) is 0 Å². The van der Waals surface area contributed by atoms with Crippen LogP contribution in [0.2, 0.25) is 0 Å². The fraction of sp³-hybridized carbons (Fsp3) is 0.690. The van der Waals surface area contributed by atoms with Crippen LogP contribution in [-0.4, -0.2) is 80.2 Å². The highest BCUT2D eigenvalue weighted by Crippen LogP contribution is 2.53. The summed E-state index contributed by atoms with van der Waals surface area (Å²) in [6.07, 6.45) is 35.6. The van der Waals surface area contributed by atoms with Gasteiger partial charge in [-0.15, -0.1) is 0 Å². The predicted octanol–water partition coefficient (Wildman–Crippen LogP) is 14.9. The summed E-state index contributed by atoms with van der Waals surface area (Å²) < 4.78 is 10.9.